The highest BCUT2D eigenvalue weighted by Crippen LogP contribution is 2.42. The van der Waals surface area contributed by atoms with E-state index >= 15 is 4.39 Å². The van der Waals surface area contributed by atoms with Crippen LogP contribution in [-0.4, -0.2) is 53.9 Å². The van der Waals surface area contributed by atoms with Gasteiger partial charge in [0.2, 0.25) is 5.91 Å². The number of benzene rings is 1. The fourth-order valence-electron chi connectivity index (χ4n) is 4.31. The molecule has 3 rings (SSSR count). The van der Waals surface area contributed by atoms with Crippen molar-refractivity contribution in [2.75, 3.05) is 20.1 Å². The molecule has 35 heavy (non-hydrogen) atoms. The van der Waals surface area contributed by atoms with Gasteiger partial charge in [0.15, 0.2) is 5.67 Å². The molecule has 192 valence electrons. The number of thiazole rings is 1. The van der Waals surface area contributed by atoms with E-state index in [1.165, 1.54) is 17.4 Å². The second kappa shape index (κ2) is 11.5. The fraction of sp³-hybridized carbons (Fsp3) is 0.542. The van der Waals surface area contributed by atoms with E-state index in [0.29, 0.717) is 43.7 Å². The number of halogens is 4. The minimum atomic E-state index is -4.56. The topological polar surface area (TPSA) is 74.3 Å². The Kier molecular flexibility index (Phi) is 8.87. The predicted octanol–water partition coefficient (Wildman–Crippen LogP) is 4.53. The molecule has 0 saturated heterocycles. The van der Waals surface area contributed by atoms with Crippen LogP contribution >= 0.6 is 11.3 Å². The molecule has 1 fully saturated rings. The molecule has 1 aliphatic carbocycles. The third-order valence-corrected chi connectivity index (χ3v) is 7.37. The Morgan fingerprint density at radius 1 is 1.29 bits per heavy atom. The molecule has 0 radical (unpaired) electrons. The van der Waals surface area contributed by atoms with E-state index in [9.17, 15) is 22.8 Å². The minimum Gasteiger partial charge on any atom is -0.351 e. The van der Waals surface area contributed by atoms with Gasteiger partial charge in [-0.05, 0) is 57.4 Å². The van der Waals surface area contributed by atoms with E-state index in [-0.39, 0.29) is 24.2 Å². The standard InChI is InChI=1S/C24H30F4N4O2S/c1-3-18(15-32(2)19-7-9-23(25,10-8-19)22-29-11-12-35-22)31-20(33)14-30-21(34)16-5-4-6-17(13-16)24(26,27)28/h4-6,11-13,18-19H,3,7-10,14-15H2,1-2H3,(H,30,34)(H,31,33)/t18-,19?,23?/m1/s1. The van der Waals surface area contributed by atoms with Crippen LogP contribution in [0, 0.1) is 0 Å². The summed E-state index contributed by atoms with van der Waals surface area (Å²) in [5.41, 5.74) is -2.47. The zero-order valence-corrected chi connectivity index (χ0v) is 20.5. The van der Waals surface area contributed by atoms with E-state index in [2.05, 4.69) is 20.5 Å². The first-order valence-corrected chi connectivity index (χ1v) is 12.4. The molecule has 1 atom stereocenters. The van der Waals surface area contributed by atoms with E-state index in [1.54, 1.807) is 11.6 Å². The Morgan fingerprint density at radius 3 is 2.60 bits per heavy atom. The molecule has 2 amide bonds. The van der Waals surface area contributed by atoms with Gasteiger partial charge in [0.1, 0.15) is 5.01 Å². The van der Waals surface area contributed by atoms with E-state index in [1.807, 2.05) is 14.0 Å². The molecule has 0 unspecified atom stereocenters. The molecule has 0 bridgehead atoms. The lowest BCUT2D eigenvalue weighted by Crippen LogP contribution is -2.49. The Labute approximate surface area is 206 Å². The van der Waals surface area contributed by atoms with Crippen molar-refractivity contribution in [2.45, 2.75) is 63.0 Å². The fourth-order valence-corrected chi connectivity index (χ4v) is 5.10. The van der Waals surface area contributed by atoms with Gasteiger partial charge in [0.05, 0.1) is 12.1 Å². The SMILES string of the molecule is CC[C@H](CN(C)C1CCC(F)(c2nccs2)CC1)NC(=O)CNC(=O)c1cccc(C(F)(F)F)c1. The Bertz CT molecular complexity index is 992. The second-order valence-electron chi connectivity index (χ2n) is 8.91. The third-order valence-electron chi connectivity index (χ3n) is 6.41. The van der Waals surface area contributed by atoms with Crippen molar-refractivity contribution in [3.63, 3.8) is 0 Å². The Morgan fingerprint density at radius 2 is 2.00 bits per heavy atom. The lowest BCUT2D eigenvalue weighted by Gasteiger charge is -2.38. The normalized spacial score (nSPS) is 21.5. The number of alkyl halides is 4. The highest BCUT2D eigenvalue weighted by molar-refractivity contribution is 7.09. The predicted molar refractivity (Wildman–Crippen MR) is 126 cm³/mol. The first kappa shape index (κ1) is 27.1. The molecule has 11 heteroatoms. The van der Waals surface area contributed by atoms with Crippen LogP contribution in [0.2, 0.25) is 0 Å². The van der Waals surface area contributed by atoms with Crippen LogP contribution < -0.4 is 10.6 Å². The summed E-state index contributed by atoms with van der Waals surface area (Å²) < 4.78 is 53.8. The lowest BCUT2D eigenvalue weighted by molar-refractivity contribution is -0.137. The summed E-state index contributed by atoms with van der Waals surface area (Å²) in [5, 5.41) is 7.54. The van der Waals surface area contributed by atoms with Gasteiger partial charge in [-0.2, -0.15) is 13.2 Å². The van der Waals surface area contributed by atoms with Crippen molar-refractivity contribution >= 4 is 23.2 Å². The number of hydrogen-bond donors (Lipinski definition) is 2. The number of rotatable bonds is 9. The summed E-state index contributed by atoms with van der Waals surface area (Å²) >= 11 is 1.34. The average Bonchev–Trinajstić information content (AvgIpc) is 3.38. The van der Waals surface area contributed by atoms with Gasteiger partial charge < -0.3 is 15.5 Å². The average molecular weight is 515 g/mol. The van der Waals surface area contributed by atoms with Crippen molar-refractivity contribution in [2.24, 2.45) is 0 Å². The van der Waals surface area contributed by atoms with Crippen molar-refractivity contribution < 1.29 is 27.2 Å². The molecule has 1 aliphatic rings. The Balaban J connectivity index is 1.45. The van der Waals surface area contributed by atoms with Crippen LogP contribution in [0.15, 0.2) is 35.8 Å². The van der Waals surface area contributed by atoms with Gasteiger partial charge in [-0.25, -0.2) is 9.37 Å². The highest BCUT2D eigenvalue weighted by atomic mass is 32.1. The van der Waals surface area contributed by atoms with Gasteiger partial charge in [-0.15, -0.1) is 11.3 Å². The number of amides is 2. The first-order chi connectivity index (χ1) is 16.5. The molecule has 1 aromatic heterocycles. The molecular weight excluding hydrogens is 484 g/mol. The monoisotopic (exact) mass is 514 g/mol. The number of nitrogens with zero attached hydrogens (tertiary/aromatic N) is 2. The molecule has 1 heterocycles. The maximum absolute atomic E-state index is 15.2. The summed E-state index contributed by atoms with van der Waals surface area (Å²) in [6.07, 6.45) is -0.111. The largest absolute Gasteiger partial charge is 0.416 e. The van der Waals surface area contributed by atoms with E-state index in [0.717, 1.165) is 18.2 Å². The minimum absolute atomic E-state index is 0.168. The van der Waals surface area contributed by atoms with Gasteiger partial charge in [0.25, 0.3) is 5.91 Å². The Hall–Kier alpha value is -2.53. The maximum Gasteiger partial charge on any atom is 0.416 e. The summed E-state index contributed by atoms with van der Waals surface area (Å²) in [4.78, 5) is 30.8. The van der Waals surface area contributed by atoms with Gasteiger partial charge >= 0.3 is 6.18 Å². The molecular formula is C24H30F4N4O2S. The van der Waals surface area contributed by atoms with Crippen LogP contribution in [0.4, 0.5) is 17.6 Å². The summed E-state index contributed by atoms with van der Waals surface area (Å²) in [6.45, 7) is 2.14. The molecule has 2 aromatic rings. The first-order valence-electron chi connectivity index (χ1n) is 11.6. The van der Waals surface area contributed by atoms with Crippen LogP contribution in [0.25, 0.3) is 0 Å². The smallest absolute Gasteiger partial charge is 0.351 e. The van der Waals surface area contributed by atoms with Crippen molar-refractivity contribution in [3.8, 4) is 0 Å². The second-order valence-corrected chi connectivity index (χ2v) is 9.80. The molecule has 1 saturated carbocycles. The molecule has 6 nitrogen and oxygen atoms in total. The third kappa shape index (κ3) is 7.23. The van der Waals surface area contributed by atoms with Crippen LogP contribution in [-0.2, 0) is 16.6 Å². The highest BCUT2D eigenvalue weighted by Gasteiger charge is 2.40. The number of nitrogens with one attached hydrogen (secondary N) is 2. The number of aromatic nitrogens is 1. The number of likely N-dealkylation sites (N-methyl/N-ethyl adjacent to an activating group) is 1. The van der Waals surface area contributed by atoms with Crippen molar-refractivity contribution in [1.29, 1.82) is 0 Å². The molecule has 0 aliphatic heterocycles. The molecule has 2 N–H and O–H groups in total. The lowest BCUT2D eigenvalue weighted by atomic mass is 9.83. The number of hydrogen-bond acceptors (Lipinski definition) is 5. The van der Waals surface area contributed by atoms with E-state index in [4.69, 9.17) is 0 Å². The van der Waals surface area contributed by atoms with Crippen molar-refractivity contribution in [1.82, 2.24) is 20.5 Å². The van der Waals surface area contributed by atoms with Crippen LogP contribution in [0.5, 0.6) is 0 Å². The van der Waals surface area contributed by atoms with Gasteiger partial charge in [0, 0.05) is 35.8 Å². The summed E-state index contributed by atoms with van der Waals surface area (Å²) in [5.74, 6) is -1.19. The maximum atomic E-state index is 15.2. The van der Waals surface area contributed by atoms with Crippen LogP contribution in [0.3, 0.4) is 0 Å². The number of carbonyl (C=O) groups is 2. The van der Waals surface area contributed by atoms with E-state index < -0.39 is 29.2 Å². The van der Waals surface area contributed by atoms with Crippen molar-refractivity contribution in [3.05, 3.63) is 52.0 Å². The quantitative estimate of drug-likeness (QED) is 0.483. The van der Waals surface area contributed by atoms with Gasteiger partial charge in [-0.1, -0.05) is 13.0 Å². The zero-order chi connectivity index (χ0) is 25.6. The van der Waals surface area contributed by atoms with Gasteiger partial charge in [-0.3, -0.25) is 9.59 Å². The van der Waals surface area contributed by atoms with Crippen LogP contribution in [0.1, 0.15) is 60.0 Å². The summed E-state index contributed by atoms with van der Waals surface area (Å²) in [6, 6.07) is 4.04. The molecule has 1 aromatic carbocycles. The zero-order valence-electron chi connectivity index (χ0n) is 19.7. The molecule has 0 spiro atoms. The number of carbonyl (C=O) groups excluding carboxylic acids is 2. The summed E-state index contributed by atoms with van der Waals surface area (Å²) in [7, 11) is 1.95.